The van der Waals surface area contributed by atoms with E-state index in [0.29, 0.717) is 27.0 Å². The molecule has 4 N–H and O–H groups in total. The van der Waals surface area contributed by atoms with E-state index in [4.69, 9.17) is 5.73 Å². The summed E-state index contributed by atoms with van der Waals surface area (Å²) in [5, 5.41) is 12.1. The Morgan fingerprint density at radius 2 is 2.03 bits per heavy atom. The van der Waals surface area contributed by atoms with Crippen LogP contribution in [0.2, 0.25) is 0 Å². The highest BCUT2D eigenvalue weighted by Crippen LogP contribution is 2.25. The molecule has 1 heterocycles. The lowest BCUT2D eigenvalue weighted by Crippen LogP contribution is -2.31. The number of carbonyl (C=O) groups excluding carboxylic acids is 1. The number of aliphatic hydroxyl groups excluding tert-OH is 1. The van der Waals surface area contributed by atoms with Gasteiger partial charge in [-0.3, -0.25) is 4.79 Å². The first-order chi connectivity index (χ1) is 13.8. The summed E-state index contributed by atoms with van der Waals surface area (Å²) in [5.74, 6) is -1.93. The van der Waals surface area contributed by atoms with E-state index in [1.807, 2.05) is 0 Å². The maximum absolute atomic E-state index is 14.6. The fourth-order valence-corrected chi connectivity index (χ4v) is 3.28. The smallest absolute Gasteiger partial charge is 0.254 e. The molecule has 0 aliphatic rings. The van der Waals surface area contributed by atoms with E-state index in [0.717, 1.165) is 6.07 Å². The lowest BCUT2D eigenvalue weighted by molar-refractivity contribution is 0.0912. The van der Waals surface area contributed by atoms with Crippen LogP contribution in [0, 0.1) is 18.6 Å². The van der Waals surface area contributed by atoms with E-state index < -0.39 is 30.2 Å². The Bertz CT molecular complexity index is 1060. The molecule has 0 spiro atoms. The van der Waals surface area contributed by atoms with Crippen LogP contribution in [-0.4, -0.2) is 27.6 Å². The molecule has 0 aliphatic heterocycles. The number of aliphatic hydroxyl groups is 1. The normalized spacial score (nSPS) is 11.9. The summed E-state index contributed by atoms with van der Waals surface area (Å²) < 4.78 is 28.7. The van der Waals surface area contributed by atoms with Crippen molar-refractivity contribution < 1.29 is 18.7 Å². The minimum Gasteiger partial charge on any atom is -0.394 e. The van der Waals surface area contributed by atoms with Crippen LogP contribution in [0.4, 0.5) is 14.6 Å². The summed E-state index contributed by atoms with van der Waals surface area (Å²) in [6.45, 7) is 1.24. The van der Waals surface area contributed by atoms with Gasteiger partial charge in [-0.05, 0) is 42.8 Å². The molecule has 6 nitrogen and oxygen atoms in total. The zero-order chi connectivity index (χ0) is 21.1. The molecule has 0 aliphatic carbocycles. The van der Waals surface area contributed by atoms with Crippen molar-refractivity contribution in [3.8, 4) is 11.3 Å². The van der Waals surface area contributed by atoms with E-state index in [1.165, 1.54) is 30.5 Å². The summed E-state index contributed by atoms with van der Waals surface area (Å²) in [7, 11) is 0. The minimum absolute atomic E-state index is 0.143. The number of nitrogen functional groups attached to an aromatic ring is 1. The fraction of sp³-hybridized carbons (Fsp3) is 0.150. The van der Waals surface area contributed by atoms with Crippen molar-refractivity contribution >= 4 is 27.7 Å². The number of rotatable bonds is 5. The molecule has 1 amide bonds. The predicted octanol–water partition coefficient (Wildman–Crippen LogP) is 3.54. The Labute approximate surface area is 173 Å². The maximum atomic E-state index is 14.6. The average Bonchev–Trinajstić information content (AvgIpc) is 2.66. The molecule has 0 radical (unpaired) electrons. The van der Waals surface area contributed by atoms with E-state index in [9.17, 15) is 18.7 Å². The molecule has 1 atom stereocenters. The Balaban J connectivity index is 1.86. The van der Waals surface area contributed by atoms with E-state index >= 15 is 0 Å². The number of hydrogen-bond acceptors (Lipinski definition) is 5. The number of anilines is 1. The molecular formula is C20H17BrF2N4O2. The van der Waals surface area contributed by atoms with Gasteiger partial charge in [0.15, 0.2) is 0 Å². The van der Waals surface area contributed by atoms with Crippen LogP contribution >= 0.6 is 15.9 Å². The first-order valence-electron chi connectivity index (χ1n) is 8.55. The first-order valence-corrected chi connectivity index (χ1v) is 9.34. The molecule has 0 unspecified atom stereocenters. The lowest BCUT2D eigenvalue weighted by Gasteiger charge is -2.18. The van der Waals surface area contributed by atoms with Crippen molar-refractivity contribution in [2.24, 2.45) is 0 Å². The van der Waals surface area contributed by atoms with Gasteiger partial charge in [0.05, 0.1) is 30.1 Å². The average molecular weight is 463 g/mol. The Hall–Kier alpha value is -2.91. The molecule has 3 rings (SSSR count). The standard InChI is InChI=1S/C20H17BrF2N4O2/c1-10-8-25-19(24)18(26-10)11-2-3-15(16(23)6-11)20(29)27-17(9-28)12-4-13(21)7-14(22)5-12/h2-8,17,28H,9H2,1H3,(H2,24,25)(H,27,29)/t17-/m1/s1. The second-order valence-electron chi connectivity index (χ2n) is 6.35. The van der Waals surface area contributed by atoms with Crippen molar-refractivity contribution in [3.63, 3.8) is 0 Å². The number of nitrogens with two attached hydrogens (primary N) is 1. The number of amides is 1. The molecule has 1 aromatic heterocycles. The molecule has 29 heavy (non-hydrogen) atoms. The van der Waals surface area contributed by atoms with Crippen molar-refractivity contribution in [1.29, 1.82) is 0 Å². The predicted molar refractivity (Wildman–Crippen MR) is 108 cm³/mol. The van der Waals surface area contributed by atoms with Gasteiger partial charge < -0.3 is 16.2 Å². The third-order valence-corrected chi connectivity index (χ3v) is 4.64. The number of carbonyl (C=O) groups is 1. The van der Waals surface area contributed by atoms with Gasteiger partial charge in [-0.1, -0.05) is 22.0 Å². The number of hydrogen-bond donors (Lipinski definition) is 3. The van der Waals surface area contributed by atoms with Crippen LogP contribution in [0.1, 0.15) is 27.7 Å². The molecule has 150 valence electrons. The maximum Gasteiger partial charge on any atom is 0.254 e. The van der Waals surface area contributed by atoms with Crippen LogP contribution in [0.25, 0.3) is 11.3 Å². The zero-order valence-corrected chi connectivity index (χ0v) is 16.9. The van der Waals surface area contributed by atoms with Gasteiger partial charge in [-0.25, -0.2) is 18.7 Å². The topological polar surface area (TPSA) is 101 Å². The quantitative estimate of drug-likeness (QED) is 0.538. The molecule has 0 bridgehead atoms. The largest absolute Gasteiger partial charge is 0.394 e. The highest BCUT2D eigenvalue weighted by atomic mass is 79.9. The number of aryl methyl sites for hydroxylation is 1. The van der Waals surface area contributed by atoms with Gasteiger partial charge in [0.2, 0.25) is 0 Å². The number of aromatic nitrogens is 2. The Morgan fingerprint density at radius 3 is 2.69 bits per heavy atom. The molecule has 9 heteroatoms. The van der Waals surface area contributed by atoms with Crippen LogP contribution in [0.15, 0.2) is 47.1 Å². The fourth-order valence-electron chi connectivity index (χ4n) is 2.79. The second kappa shape index (κ2) is 8.62. The molecule has 0 saturated carbocycles. The second-order valence-corrected chi connectivity index (χ2v) is 7.27. The first kappa shape index (κ1) is 20.8. The summed E-state index contributed by atoms with van der Waals surface area (Å²) in [5.41, 5.74) is 7.21. The summed E-state index contributed by atoms with van der Waals surface area (Å²) in [6.07, 6.45) is 1.50. The van der Waals surface area contributed by atoms with E-state index in [-0.39, 0.29) is 11.4 Å². The van der Waals surface area contributed by atoms with Crippen molar-refractivity contribution in [2.75, 3.05) is 12.3 Å². The van der Waals surface area contributed by atoms with Crippen molar-refractivity contribution in [2.45, 2.75) is 13.0 Å². The Morgan fingerprint density at radius 1 is 1.28 bits per heavy atom. The molecule has 0 fully saturated rings. The monoisotopic (exact) mass is 462 g/mol. The van der Waals surface area contributed by atoms with Gasteiger partial charge in [-0.15, -0.1) is 0 Å². The van der Waals surface area contributed by atoms with E-state index in [1.54, 1.807) is 13.0 Å². The number of halogens is 3. The highest BCUT2D eigenvalue weighted by molar-refractivity contribution is 9.10. The van der Waals surface area contributed by atoms with Gasteiger partial charge in [0.25, 0.3) is 5.91 Å². The lowest BCUT2D eigenvalue weighted by atomic mass is 10.0. The SMILES string of the molecule is Cc1cnc(N)c(-c2ccc(C(=O)N[C@H](CO)c3cc(F)cc(Br)c3)c(F)c2)n1. The summed E-state index contributed by atoms with van der Waals surface area (Å²) in [4.78, 5) is 20.8. The summed E-state index contributed by atoms with van der Waals surface area (Å²) >= 11 is 3.16. The zero-order valence-electron chi connectivity index (χ0n) is 15.3. The van der Waals surface area contributed by atoms with Gasteiger partial charge in [-0.2, -0.15) is 0 Å². The van der Waals surface area contributed by atoms with Gasteiger partial charge in [0, 0.05) is 10.0 Å². The number of benzene rings is 2. The molecule has 0 saturated heterocycles. The van der Waals surface area contributed by atoms with Gasteiger partial charge >= 0.3 is 0 Å². The minimum atomic E-state index is -0.910. The van der Waals surface area contributed by atoms with Crippen molar-refractivity contribution in [3.05, 3.63) is 75.5 Å². The van der Waals surface area contributed by atoms with E-state index in [2.05, 4.69) is 31.2 Å². The van der Waals surface area contributed by atoms with Gasteiger partial charge in [0.1, 0.15) is 23.1 Å². The third kappa shape index (κ3) is 4.75. The molecule has 2 aromatic carbocycles. The van der Waals surface area contributed by atoms with Crippen LogP contribution in [-0.2, 0) is 0 Å². The Kier molecular flexibility index (Phi) is 6.19. The third-order valence-electron chi connectivity index (χ3n) is 4.18. The highest BCUT2D eigenvalue weighted by Gasteiger charge is 2.20. The van der Waals surface area contributed by atoms with Crippen LogP contribution in [0.3, 0.4) is 0 Å². The number of nitrogens with zero attached hydrogens (tertiary/aromatic N) is 2. The van der Waals surface area contributed by atoms with Crippen LogP contribution in [0.5, 0.6) is 0 Å². The molecular weight excluding hydrogens is 446 g/mol. The summed E-state index contributed by atoms with van der Waals surface area (Å²) in [6, 6.07) is 7.02. The van der Waals surface area contributed by atoms with Crippen LogP contribution < -0.4 is 11.1 Å². The molecule has 3 aromatic rings. The number of nitrogens with one attached hydrogen (secondary N) is 1. The van der Waals surface area contributed by atoms with Crippen molar-refractivity contribution in [1.82, 2.24) is 15.3 Å².